The summed E-state index contributed by atoms with van der Waals surface area (Å²) in [5.41, 5.74) is 9.82. The first-order chi connectivity index (χ1) is 30.2. The SMILES string of the molecule is c1ccc(-c2ccc(-c3nc(-c4cc(-n5c6ccccc6c6cc7ccccc7cc65)c5oc6ccccc6c5c4)nc(-c4cccc5c4sc4ccccc45)n3)cc2)cc1. The third kappa shape index (κ3) is 5.36. The van der Waals surface area contributed by atoms with E-state index in [4.69, 9.17) is 19.4 Å². The van der Waals surface area contributed by atoms with Gasteiger partial charge in [0.2, 0.25) is 0 Å². The Hall–Kier alpha value is -7.93. The van der Waals surface area contributed by atoms with Crippen LogP contribution in [0.4, 0.5) is 0 Å². The molecule has 13 rings (SSSR count). The summed E-state index contributed by atoms with van der Waals surface area (Å²) in [5, 5.41) is 9.21. The maximum atomic E-state index is 6.82. The number of furan rings is 1. The highest BCUT2D eigenvalue weighted by atomic mass is 32.1. The van der Waals surface area contributed by atoms with Gasteiger partial charge in [-0.1, -0.05) is 146 Å². The van der Waals surface area contributed by atoms with Crippen LogP contribution in [0.3, 0.4) is 0 Å². The Bertz CT molecular complexity index is 3880. The normalized spacial score (nSPS) is 11.9. The van der Waals surface area contributed by atoms with Crippen molar-refractivity contribution in [2.75, 3.05) is 0 Å². The third-order valence-corrected chi connectivity index (χ3v) is 13.2. The molecular formula is C55H32N4OS. The maximum Gasteiger partial charge on any atom is 0.165 e. The van der Waals surface area contributed by atoms with Crippen molar-refractivity contribution < 1.29 is 4.42 Å². The zero-order chi connectivity index (χ0) is 40.0. The molecule has 0 aliphatic carbocycles. The summed E-state index contributed by atoms with van der Waals surface area (Å²) in [6.45, 7) is 0. The molecule has 0 N–H and O–H groups in total. The Kier molecular flexibility index (Phi) is 7.41. The number of para-hydroxylation sites is 2. The lowest BCUT2D eigenvalue weighted by Crippen LogP contribution is -2.01. The van der Waals surface area contributed by atoms with Crippen molar-refractivity contribution in [2.45, 2.75) is 0 Å². The molecule has 0 spiro atoms. The number of nitrogens with zero attached hydrogens (tertiary/aromatic N) is 4. The largest absolute Gasteiger partial charge is 0.454 e. The summed E-state index contributed by atoms with van der Waals surface area (Å²) in [5.74, 6) is 1.83. The summed E-state index contributed by atoms with van der Waals surface area (Å²) in [7, 11) is 0. The second-order valence-corrected chi connectivity index (χ2v) is 16.6. The van der Waals surface area contributed by atoms with Crippen LogP contribution in [-0.2, 0) is 0 Å². The van der Waals surface area contributed by atoms with Crippen LogP contribution >= 0.6 is 11.3 Å². The standard InChI is InChI=1S/C55H32N4OS/c1-2-13-33(14-3-1)34-25-27-35(28-26-34)53-56-54(58-55(57-53)43-21-12-20-42-41-19-8-11-24-50(41)61-52(42)43)38-30-45-40-18-7-10-23-49(40)60-51(45)48(32-38)59-46-22-9-6-17-39(46)44-29-36-15-4-5-16-37(36)31-47(44)59/h1-32H. The number of thiophene rings is 1. The number of fused-ring (bicyclic) bond motifs is 10. The number of aromatic nitrogens is 4. The maximum absolute atomic E-state index is 6.82. The highest BCUT2D eigenvalue weighted by molar-refractivity contribution is 7.26. The molecule has 0 unspecified atom stereocenters. The lowest BCUT2D eigenvalue weighted by atomic mass is 10.0. The first-order valence-electron chi connectivity index (χ1n) is 20.4. The van der Waals surface area contributed by atoms with E-state index in [1.54, 1.807) is 11.3 Å². The van der Waals surface area contributed by atoms with Crippen LogP contribution in [0.2, 0.25) is 0 Å². The number of hydrogen-bond acceptors (Lipinski definition) is 5. The summed E-state index contributed by atoms with van der Waals surface area (Å²) in [6.07, 6.45) is 0. The first-order valence-corrected chi connectivity index (χ1v) is 21.2. The molecule has 0 saturated carbocycles. The molecule has 61 heavy (non-hydrogen) atoms. The smallest absolute Gasteiger partial charge is 0.165 e. The molecule has 9 aromatic carbocycles. The second-order valence-electron chi connectivity index (χ2n) is 15.6. The van der Waals surface area contributed by atoms with Gasteiger partial charge in [-0.15, -0.1) is 11.3 Å². The van der Waals surface area contributed by atoms with E-state index in [0.29, 0.717) is 17.5 Å². The van der Waals surface area contributed by atoms with Crippen molar-refractivity contribution >= 4 is 86.0 Å². The van der Waals surface area contributed by atoms with E-state index in [-0.39, 0.29) is 0 Å². The molecule has 284 valence electrons. The van der Waals surface area contributed by atoms with Crippen molar-refractivity contribution in [1.82, 2.24) is 19.5 Å². The van der Waals surface area contributed by atoms with Gasteiger partial charge in [0.1, 0.15) is 5.58 Å². The van der Waals surface area contributed by atoms with E-state index in [0.717, 1.165) is 71.2 Å². The molecule has 0 aliphatic rings. The van der Waals surface area contributed by atoms with Gasteiger partial charge < -0.3 is 8.98 Å². The summed E-state index contributed by atoms with van der Waals surface area (Å²) in [6, 6.07) is 68.5. The van der Waals surface area contributed by atoms with E-state index in [2.05, 4.69) is 180 Å². The number of benzene rings is 9. The van der Waals surface area contributed by atoms with Crippen LogP contribution in [0.5, 0.6) is 0 Å². The van der Waals surface area contributed by atoms with Crippen LogP contribution in [0, 0.1) is 0 Å². The average Bonchev–Trinajstić information content (AvgIpc) is 4.00. The van der Waals surface area contributed by atoms with Crippen molar-refractivity contribution in [1.29, 1.82) is 0 Å². The lowest BCUT2D eigenvalue weighted by Gasteiger charge is -2.13. The molecule has 0 bridgehead atoms. The van der Waals surface area contributed by atoms with Crippen molar-refractivity contribution in [3.63, 3.8) is 0 Å². The van der Waals surface area contributed by atoms with Crippen LogP contribution in [0.1, 0.15) is 0 Å². The quantitative estimate of drug-likeness (QED) is 0.174. The molecule has 6 heteroatoms. The Morgan fingerprint density at radius 1 is 0.393 bits per heavy atom. The van der Waals surface area contributed by atoms with Crippen LogP contribution in [0.15, 0.2) is 199 Å². The second kappa shape index (κ2) is 13.3. The molecule has 4 aromatic heterocycles. The molecule has 0 fully saturated rings. The first kappa shape index (κ1) is 34.0. The number of hydrogen-bond donors (Lipinski definition) is 0. The Balaban J connectivity index is 1.10. The predicted octanol–water partition coefficient (Wildman–Crippen LogP) is 15.1. The molecule has 4 heterocycles. The van der Waals surface area contributed by atoms with Gasteiger partial charge in [-0.2, -0.15) is 0 Å². The van der Waals surface area contributed by atoms with Gasteiger partial charge in [-0.25, -0.2) is 15.0 Å². The van der Waals surface area contributed by atoms with Gasteiger partial charge in [0.05, 0.1) is 16.7 Å². The lowest BCUT2D eigenvalue weighted by molar-refractivity contribution is 0.666. The van der Waals surface area contributed by atoms with E-state index >= 15 is 0 Å². The summed E-state index contributed by atoms with van der Waals surface area (Å²) >= 11 is 1.78. The van der Waals surface area contributed by atoms with Crippen molar-refractivity contribution in [3.05, 3.63) is 194 Å². The Morgan fingerprint density at radius 2 is 1.03 bits per heavy atom. The molecule has 0 aliphatic heterocycles. The highest BCUT2D eigenvalue weighted by Crippen LogP contribution is 2.43. The molecule has 0 atom stereocenters. The van der Waals surface area contributed by atoms with Gasteiger partial charge in [0, 0.05) is 58.4 Å². The predicted molar refractivity (Wildman–Crippen MR) is 254 cm³/mol. The van der Waals surface area contributed by atoms with Gasteiger partial charge in [0.15, 0.2) is 23.1 Å². The molecule has 0 amide bonds. The fourth-order valence-electron chi connectivity index (χ4n) is 9.14. The zero-order valence-electron chi connectivity index (χ0n) is 32.6. The minimum Gasteiger partial charge on any atom is -0.454 e. The topological polar surface area (TPSA) is 56.7 Å². The third-order valence-electron chi connectivity index (χ3n) is 12.0. The van der Waals surface area contributed by atoms with E-state index in [9.17, 15) is 0 Å². The van der Waals surface area contributed by atoms with E-state index in [1.807, 2.05) is 18.2 Å². The van der Waals surface area contributed by atoms with Crippen molar-refractivity contribution in [2.24, 2.45) is 0 Å². The van der Waals surface area contributed by atoms with E-state index < -0.39 is 0 Å². The van der Waals surface area contributed by atoms with Gasteiger partial charge in [-0.05, 0) is 70.4 Å². The molecule has 0 radical (unpaired) electrons. The van der Waals surface area contributed by atoms with Crippen molar-refractivity contribution in [3.8, 4) is 51.0 Å². The van der Waals surface area contributed by atoms with Gasteiger partial charge in [-0.3, -0.25) is 0 Å². The molecule has 0 saturated heterocycles. The van der Waals surface area contributed by atoms with Crippen LogP contribution in [0.25, 0.3) is 126 Å². The Labute approximate surface area is 353 Å². The van der Waals surface area contributed by atoms with Crippen LogP contribution in [-0.4, -0.2) is 19.5 Å². The zero-order valence-corrected chi connectivity index (χ0v) is 33.4. The summed E-state index contributed by atoms with van der Waals surface area (Å²) in [4.78, 5) is 16.0. The molecule has 5 nitrogen and oxygen atoms in total. The van der Waals surface area contributed by atoms with E-state index in [1.165, 1.54) is 37.0 Å². The fourth-order valence-corrected chi connectivity index (χ4v) is 10.4. The minimum absolute atomic E-state index is 0.588. The summed E-state index contributed by atoms with van der Waals surface area (Å²) < 4.78 is 11.6. The highest BCUT2D eigenvalue weighted by Gasteiger charge is 2.23. The Morgan fingerprint density at radius 3 is 1.89 bits per heavy atom. The fraction of sp³-hybridized carbons (Fsp3) is 0. The average molecular weight is 797 g/mol. The number of rotatable bonds is 5. The van der Waals surface area contributed by atoms with Gasteiger partial charge in [0.25, 0.3) is 0 Å². The monoisotopic (exact) mass is 796 g/mol. The molecule has 13 aromatic rings. The van der Waals surface area contributed by atoms with Gasteiger partial charge >= 0.3 is 0 Å². The minimum atomic E-state index is 0.588. The van der Waals surface area contributed by atoms with Crippen LogP contribution < -0.4 is 0 Å². The molecular weight excluding hydrogens is 765 g/mol.